The number of benzene rings is 8. The smallest absolute Gasteiger partial charge is 0.0541 e. The fourth-order valence-corrected chi connectivity index (χ4v) is 7.82. The summed E-state index contributed by atoms with van der Waals surface area (Å²) in [7, 11) is 0. The number of hydrogen-bond donors (Lipinski definition) is 1. The third kappa shape index (κ3) is 4.82. The zero-order valence-corrected chi connectivity index (χ0v) is 27.9. The first-order chi connectivity index (χ1) is 25.3. The minimum absolute atomic E-state index is 1.05. The van der Waals surface area contributed by atoms with Crippen LogP contribution in [0.15, 0.2) is 194 Å². The fourth-order valence-electron chi connectivity index (χ4n) is 7.82. The lowest BCUT2D eigenvalue weighted by atomic mass is 10.0. The Morgan fingerprint density at radius 2 is 0.569 bits per heavy atom. The Morgan fingerprint density at radius 3 is 0.922 bits per heavy atom. The SMILES string of the molecule is c1ccc(-n2c3ccccc3c3ccccc32)c(-c2ccc(Nc3ccc(-c4ccccc4-n4c5ccccc5c5ccccc54)cc3)cc2)c1. The van der Waals surface area contributed by atoms with Gasteiger partial charge in [-0.05, 0) is 71.8 Å². The highest BCUT2D eigenvalue weighted by molar-refractivity contribution is 6.10. The van der Waals surface area contributed by atoms with Crippen molar-refractivity contribution in [2.45, 2.75) is 0 Å². The minimum atomic E-state index is 1.05. The van der Waals surface area contributed by atoms with Crippen LogP contribution in [0.4, 0.5) is 11.4 Å². The van der Waals surface area contributed by atoms with Crippen LogP contribution in [0.2, 0.25) is 0 Å². The van der Waals surface area contributed by atoms with Crippen molar-refractivity contribution in [1.29, 1.82) is 0 Å². The first-order valence-corrected chi connectivity index (χ1v) is 17.4. The summed E-state index contributed by atoms with van der Waals surface area (Å²) in [5.41, 5.74) is 14.0. The monoisotopic (exact) mass is 651 g/mol. The van der Waals surface area contributed by atoms with Crippen molar-refractivity contribution >= 4 is 55.0 Å². The number of nitrogens with one attached hydrogen (secondary N) is 1. The van der Waals surface area contributed by atoms with Crippen molar-refractivity contribution in [3.63, 3.8) is 0 Å². The van der Waals surface area contributed by atoms with Gasteiger partial charge < -0.3 is 14.5 Å². The summed E-state index contributed by atoms with van der Waals surface area (Å²) in [6, 6.07) is 69.6. The van der Waals surface area contributed by atoms with Crippen molar-refractivity contribution in [3.8, 4) is 33.6 Å². The van der Waals surface area contributed by atoms with E-state index in [9.17, 15) is 0 Å². The first kappa shape index (κ1) is 29.1. The third-order valence-corrected chi connectivity index (χ3v) is 10.1. The highest BCUT2D eigenvalue weighted by atomic mass is 15.0. The molecule has 10 aromatic rings. The van der Waals surface area contributed by atoms with Crippen molar-refractivity contribution < 1.29 is 0 Å². The number of anilines is 2. The molecular formula is C48H33N3. The molecule has 2 heterocycles. The molecular weight excluding hydrogens is 619 g/mol. The molecule has 8 aromatic carbocycles. The van der Waals surface area contributed by atoms with E-state index in [1.807, 2.05) is 0 Å². The Hall–Kier alpha value is -6.84. The minimum Gasteiger partial charge on any atom is -0.356 e. The summed E-state index contributed by atoms with van der Waals surface area (Å²) in [5.74, 6) is 0. The first-order valence-electron chi connectivity index (χ1n) is 17.4. The average molecular weight is 652 g/mol. The van der Waals surface area contributed by atoms with Gasteiger partial charge in [-0.3, -0.25) is 0 Å². The van der Waals surface area contributed by atoms with E-state index in [0.29, 0.717) is 0 Å². The van der Waals surface area contributed by atoms with Crippen LogP contribution in [0.3, 0.4) is 0 Å². The van der Waals surface area contributed by atoms with Crippen LogP contribution < -0.4 is 5.32 Å². The maximum atomic E-state index is 3.63. The van der Waals surface area contributed by atoms with E-state index >= 15 is 0 Å². The van der Waals surface area contributed by atoms with Crippen LogP contribution in [-0.2, 0) is 0 Å². The summed E-state index contributed by atoms with van der Waals surface area (Å²) in [4.78, 5) is 0. The summed E-state index contributed by atoms with van der Waals surface area (Å²) < 4.78 is 4.79. The van der Waals surface area contributed by atoms with Crippen LogP contribution in [0, 0.1) is 0 Å². The van der Waals surface area contributed by atoms with Gasteiger partial charge in [-0.1, -0.05) is 133 Å². The van der Waals surface area contributed by atoms with Crippen LogP contribution in [0.25, 0.3) is 77.2 Å². The number of fused-ring (bicyclic) bond motifs is 6. The lowest BCUT2D eigenvalue weighted by molar-refractivity contribution is 1.18. The topological polar surface area (TPSA) is 21.9 Å². The molecule has 0 atom stereocenters. The van der Waals surface area contributed by atoms with Crippen LogP contribution in [0.5, 0.6) is 0 Å². The molecule has 10 rings (SSSR count). The quantitative estimate of drug-likeness (QED) is 0.190. The normalized spacial score (nSPS) is 11.5. The second kappa shape index (κ2) is 11.9. The van der Waals surface area contributed by atoms with Gasteiger partial charge in [0.05, 0.1) is 33.4 Å². The number of para-hydroxylation sites is 6. The molecule has 0 aliphatic carbocycles. The maximum absolute atomic E-state index is 3.63. The Balaban J connectivity index is 0.958. The number of aromatic nitrogens is 2. The molecule has 0 saturated heterocycles. The molecule has 3 heteroatoms. The third-order valence-electron chi connectivity index (χ3n) is 10.1. The van der Waals surface area contributed by atoms with Crippen LogP contribution in [-0.4, -0.2) is 9.13 Å². The van der Waals surface area contributed by atoms with Crippen molar-refractivity contribution in [1.82, 2.24) is 9.13 Å². The summed E-state index contributed by atoms with van der Waals surface area (Å²) in [6.45, 7) is 0. The Kier molecular flexibility index (Phi) is 6.81. The van der Waals surface area contributed by atoms with E-state index in [1.165, 1.54) is 77.2 Å². The largest absolute Gasteiger partial charge is 0.356 e. The standard InChI is InChI=1S/C48H33N3/c1-7-19-43(50-45-21-9-3-15-39(45)40-16-4-10-22-46(40)50)37(13-1)33-25-29-35(30-26-33)49-36-31-27-34(28-32-36)38-14-2-8-20-44(38)51-47-23-11-5-17-41(47)42-18-6-12-24-48(42)51/h1-32,49H. The Labute approximate surface area is 296 Å². The highest BCUT2D eigenvalue weighted by Gasteiger charge is 2.16. The second-order valence-corrected chi connectivity index (χ2v) is 13.1. The molecule has 0 fully saturated rings. The second-order valence-electron chi connectivity index (χ2n) is 13.1. The molecule has 1 N–H and O–H groups in total. The number of hydrogen-bond acceptors (Lipinski definition) is 1. The van der Waals surface area contributed by atoms with Gasteiger partial charge >= 0.3 is 0 Å². The lowest BCUT2D eigenvalue weighted by Gasteiger charge is -2.15. The molecule has 0 bridgehead atoms. The Bertz CT molecular complexity index is 2570. The summed E-state index contributed by atoms with van der Waals surface area (Å²) in [6.07, 6.45) is 0. The predicted octanol–water partition coefficient (Wildman–Crippen LogP) is 13.0. The number of rotatable bonds is 6. The predicted molar refractivity (Wildman–Crippen MR) is 216 cm³/mol. The molecule has 2 aromatic heterocycles. The lowest BCUT2D eigenvalue weighted by Crippen LogP contribution is -1.97. The molecule has 240 valence electrons. The van der Waals surface area contributed by atoms with E-state index in [4.69, 9.17) is 0 Å². The summed E-state index contributed by atoms with van der Waals surface area (Å²) >= 11 is 0. The molecule has 51 heavy (non-hydrogen) atoms. The van der Waals surface area contributed by atoms with Gasteiger partial charge in [-0.2, -0.15) is 0 Å². The van der Waals surface area contributed by atoms with Gasteiger partial charge in [0.25, 0.3) is 0 Å². The van der Waals surface area contributed by atoms with Gasteiger partial charge in [-0.15, -0.1) is 0 Å². The summed E-state index contributed by atoms with van der Waals surface area (Å²) in [5, 5.41) is 8.70. The molecule has 0 aliphatic heterocycles. The van der Waals surface area contributed by atoms with Gasteiger partial charge in [0.2, 0.25) is 0 Å². The molecule has 0 amide bonds. The maximum Gasteiger partial charge on any atom is 0.0541 e. The van der Waals surface area contributed by atoms with Gasteiger partial charge in [0, 0.05) is 44.0 Å². The van der Waals surface area contributed by atoms with E-state index < -0.39 is 0 Å². The van der Waals surface area contributed by atoms with E-state index in [-0.39, 0.29) is 0 Å². The molecule has 0 radical (unpaired) electrons. The fraction of sp³-hybridized carbons (Fsp3) is 0. The molecule has 0 spiro atoms. The highest BCUT2D eigenvalue weighted by Crippen LogP contribution is 2.38. The van der Waals surface area contributed by atoms with Gasteiger partial charge in [0.1, 0.15) is 0 Å². The van der Waals surface area contributed by atoms with Crippen molar-refractivity contribution in [2.75, 3.05) is 5.32 Å². The van der Waals surface area contributed by atoms with E-state index in [0.717, 1.165) is 11.4 Å². The van der Waals surface area contributed by atoms with Crippen LogP contribution >= 0.6 is 0 Å². The zero-order valence-electron chi connectivity index (χ0n) is 27.9. The van der Waals surface area contributed by atoms with Crippen LogP contribution in [0.1, 0.15) is 0 Å². The van der Waals surface area contributed by atoms with Gasteiger partial charge in [-0.25, -0.2) is 0 Å². The van der Waals surface area contributed by atoms with E-state index in [2.05, 4.69) is 209 Å². The molecule has 0 aliphatic rings. The Morgan fingerprint density at radius 1 is 0.275 bits per heavy atom. The zero-order chi connectivity index (χ0) is 33.7. The average Bonchev–Trinajstić information content (AvgIpc) is 3.72. The van der Waals surface area contributed by atoms with Crippen molar-refractivity contribution in [2.24, 2.45) is 0 Å². The molecule has 3 nitrogen and oxygen atoms in total. The molecule has 0 saturated carbocycles. The van der Waals surface area contributed by atoms with Crippen molar-refractivity contribution in [3.05, 3.63) is 194 Å². The van der Waals surface area contributed by atoms with E-state index in [1.54, 1.807) is 0 Å². The molecule has 0 unspecified atom stereocenters. The van der Waals surface area contributed by atoms with Gasteiger partial charge in [0.15, 0.2) is 0 Å². The number of nitrogens with zero attached hydrogens (tertiary/aromatic N) is 2.